The lowest BCUT2D eigenvalue weighted by Crippen LogP contribution is -2.37. The van der Waals surface area contributed by atoms with Crippen molar-refractivity contribution in [1.29, 1.82) is 0 Å². The second-order valence-corrected chi connectivity index (χ2v) is 6.46. The zero-order valence-electron chi connectivity index (χ0n) is 16.8. The predicted molar refractivity (Wildman–Crippen MR) is 111 cm³/mol. The topological polar surface area (TPSA) is 125 Å². The van der Waals surface area contributed by atoms with Crippen LogP contribution >= 0.6 is 0 Å². The summed E-state index contributed by atoms with van der Waals surface area (Å²) in [6.07, 6.45) is 4.33. The highest BCUT2D eigenvalue weighted by atomic mass is 19.1. The maximum atomic E-state index is 13.2. The highest BCUT2D eigenvalue weighted by molar-refractivity contribution is 5.98. The Labute approximate surface area is 182 Å². The van der Waals surface area contributed by atoms with E-state index in [0.29, 0.717) is 11.4 Å². The van der Waals surface area contributed by atoms with Gasteiger partial charge in [-0.1, -0.05) is 0 Å². The van der Waals surface area contributed by atoms with E-state index in [-0.39, 0.29) is 24.4 Å². The number of halogens is 1. The standard InChI is InChI=1S/C22H19FN4O5/c23-15-5-7-16(8-6-15)27(12-9-19(24)28)20(29)14-31-22(30)18-4-2-11-26-21(18)32-17-3-1-10-25-13-17/h1-8,10-11,13H,9,12,14H2,(H2,24,28). The van der Waals surface area contributed by atoms with Crippen LogP contribution in [0.2, 0.25) is 0 Å². The van der Waals surface area contributed by atoms with E-state index in [9.17, 15) is 18.8 Å². The van der Waals surface area contributed by atoms with E-state index in [4.69, 9.17) is 15.2 Å². The molecule has 0 aliphatic rings. The molecular weight excluding hydrogens is 419 g/mol. The van der Waals surface area contributed by atoms with Gasteiger partial charge in [-0.2, -0.15) is 0 Å². The van der Waals surface area contributed by atoms with Crippen LogP contribution in [-0.4, -0.2) is 40.9 Å². The Kier molecular flexibility index (Phi) is 7.42. The van der Waals surface area contributed by atoms with Gasteiger partial charge in [0.25, 0.3) is 5.91 Å². The molecule has 0 aliphatic heterocycles. The minimum Gasteiger partial charge on any atom is -0.452 e. The molecule has 2 heterocycles. The summed E-state index contributed by atoms with van der Waals surface area (Å²) in [6, 6.07) is 11.3. The maximum Gasteiger partial charge on any atom is 0.344 e. The average molecular weight is 438 g/mol. The number of anilines is 1. The van der Waals surface area contributed by atoms with Crippen molar-refractivity contribution >= 4 is 23.5 Å². The summed E-state index contributed by atoms with van der Waals surface area (Å²) in [5, 5.41) is 0. The van der Waals surface area contributed by atoms with Crippen molar-refractivity contribution < 1.29 is 28.2 Å². The molecule has 0 radical (unpaired) electrons. The second kappa shape index (κ2) is 10.6. The summed E-state index contributed by atoms with van der Waals surface area (Å²) < 4.78 is 24.0. The highest BCUT2D eigenvalue weighted by Gasteiger charge is 2.21. The summed E-state index contributed by atoms with van der Waals surface area (Å²) in [7, 11) is 0. The molecule has 0 atom stereocenters. The lowest BCUT2D eigenvalue weighted by molar-refractivity contribution is -0.121. The molecule has 9 nitrogen and oxygen atoms in total. The summed E-state index contributed by atoms with van der Waals surface area (Å²) in [5.74, 6) is -2.20. The quantitative estimate of drug-likeness (QED) is 0.509. The lowest BCUT2D eigenvalue weighted by atomic mass is 10.2. The van der Waals surface area contributed by atoms with Gasteiger partial charge in [-0.25, -0.2) is 14.2 Å². The first-order chi connectivity index (χ1) is 15.4. The van der Waals surface area contributed by atoms with Crippen molar-refractivity contribution in [2.45, 2.75) is 6.42 Å². The first-order valence-corrected chi connectivity index (χ1v) is 9.48. The Hall–Kier alpha value is -4.34. The first-order valence-electron chi connectivity index (χ1n) is 9.48. The third kappa shape index (κ3) is 6.08. The Morgan fingerprint density at radius 2 is 1.78 bits per heavy atom. The van der Waals surface area contributed by atoms with Crippen LogP contribution in [-0.2, 0) is 14.3 Å². The zero-order valence-corrected chi connectivity index (χ0v) is 16.8. The lowest BCUT2D eigenvalue weighted by Gasteiger charge is -2.22. The number of rotatable bonds is 9. The number of pyridine rings is 2. The molecule has 10 heteroatoms. The van der Waals surface area contributed by atoms with Crippen LogP contribution in [0.1, 0.15) is 16.8 Å². The number of carbonyl (C=O) groups is 3. The largest absolute Gasteiger partial charge is 0.452 e. The number of hydrogen-bond acceptors (Lipinski definition) is 7. The van der Waals surface area contributed by atoms with Crippen LogP contribution in [0.4, 0.5) is 10.1 Å². The third-order valence-electron chi connectivity index (χ3n) is 4.19. The molecule has 3 rings (SSSR count). The summed E-state index contributed by atoms with van der Waals surface area (Å²) in [6.45, 7) is -0.685. The van der Waals surface area contributed by atoms with E-state index in [0.717, 1.165) is 0 Å². The maximum absolute atomic E-state index is 13.2. The Bertz CT molecular complexity index is 1090. The molecule has 0 bridgehead atoms. The number of benzene rings is 1. The summed E-state index contributed by atoms with van der Waals surface area (Å²) in [4.78, 5) is 45.6. The van der Waals surface area contributed by atoms with Gasteiger partial charge in [-0.15, -0.1) is 0 Å². The molecule has 0 fully saturated rings. The van der Waals surface area contributed by atoms with E-state index < -0.39 is 30.2 Å². The Morgan fingerprint density at radius 1 is 1.03 bits per heavy atom. The number of hydrogen-bond donors (Lipinski definition) is 1. The van der Waals surface area contributed by atoms with Crippen molar-refractivity contribution in [2.75, 3.05) is 18.1 Å². The molecule has 0 spiro atoms. The average Bonchev–Trinajstić information content (AvgIpc) is 2.79. The minimum atomic E-state index is -0.834. The van der Waals surface area contributed by atoms with Crippen molar-refractivity contribution in [3.63, 3.8) is 0 Å². The van der Waals surface area contributed by atoms with Crippen molar-refractivity contribution in [1.82, 2.24) is 9.97 Å². The van der Waals surface area contributed by atoms with Gasteiger partial charge in [0.05, 0.1) is 6.20 Å². The van der Waals surface area contributed by atoms with E-state index in [2.05, 4.69) is 9.97 Å². The van der Waals surface area contributed by atoms with Gasteiger partial charge in [-0.05, 0) is 48.5 Å². The first kappa shape index (κ1) is 22.3. The number of carbonyl (C=O) groups excluding carboxylic acids is 3. The van der Waals surface area contributed by atoms with E-state index >= 15 is 0 Å². The Morgan fingerprint density at radius 3 is 2.47 bits per heavy atom. The van der Waals surface area contributed by atoms with Crippen molar-refractivity contribution in [2.24, 2.45) is 5.73 Å². The molecule has 0 unspecified atom stereocenters. The van der Waals surface area contributed by atoms with Crippen molar-refractivity contribution in [3.05, 3.63) is 78.5 Å². The van der Waals surface area contributed by atoms with Gasteiger partial charge in [0.1, 0.15) is 17.1 Å². The van der Waals surface area contributed by atoms with Crippen LogP contribution in [0.5, 0.6) is 11.6 Å². The molecule has 32 heavy (non-hydrogen) atoms. The fraction of sp³-hybridized carbons (Fsp3) is 0.136. The van der Waals surface area contributed by atoms with E-state index in [1.54, 1.807) is 18.3 Å². The van der Waals surface area contributed by atoms with Crippen LogP contribution in [0, 0.1) is 5.82 Å². The predicted octanol–water partition coefficient (Wildman–Crippen LogP) is 2.47. The second-order valence-electron chi connectivity index (χ2n) is 6.46. The molecule has 3 aromatic rings. The number of nitrogens with zero attached hydrogens (tertiary/aromatic N) is 3. The smallest absolute Gasteiger partial charge is 0.344 e. The van der Waals surface area contributed by atoms with Gasteiger partial charge in [0, 0.05) is 31.0 Å². The van der Waals surface area contributed by atoms with Crippen LogP contribution in [0.15, 0.2) is 67.1 Å². The minimum absolute atomic E-state index is 0.00891. The molecule has 2 N–H and O–H groups in total. The van der Waals surface area contributed by atoms with Crippen LogP contribution in [0.25, 0.3) is 0 Å². The fourth-order valence-corrected chi connectivity index (χ4v) is 2.67. The zero-order chi connectivity index (χ0) is 22.9. The molecule has 0 aliphatic carbocycles. The van der Waals surface area contributed by atoms with Crippen molar-refractivity contribution in [3.8, 4) is 11.6 Å². The third-order valence-corrected chi connectivity index (χ3v) is 4.19. The number of primary amides is 1. The molecule has 164 valence electrons. The SMILES string of the molecule is NC(=O)CCN(C(=O)COC(=O)c1cccnc1Oc1cccnc1)c1ccc(F)cc1. The summed E-state index contributed by atoms with van der Waals surface area (Å²) in [5.41, 5.74) is 5.51. The number of amides is 2. The number of esters is 1. The van der Waals surface area contributed by atoms with Gasteiger partial charge in [-0.3, -0.25) is 14.6 Å². The fourth-order valence-electron chi connectivity index (χ4n) is 2.67. The molecule has 2 aromatic heterocycles. The highest BCUT2D eigenvalue weighted by Crippen LogP contribution is 2.23. The van der Waals surface area contributed by atoms with Crippen LogP contribution < -0.4 is 15.4 Å². The monoisotopic (exact) mass is 438 g/mol. The molecular formula is C22H19FN4O5. The van der Waals surface area contributed by atoms with E-state index in [1.165, 1.54) is 53.7 Å². The molecule has 0 saturated heterocycles. The Balaban J connectivity index is 1.70. The van der Waals surface area contributed by atoms with E-state index in [1.807, 2.05) is 0 Å². The van der Waals surface area contributed by atoms with Gasteiger partial charge >= 0.3 is 5.97 Å². The van der Waals surface area contributed by atoms with Crippen LogP contribution in [0.3, 0.4) is 0 Å². The number of ether oxygens (including phenoxy) is 2. The van der Waals surface area contributed by atoms with Gasteiger partial charge in [0.2, 0.25) is 11.8 Å². The molecule has 2 amide bonds. The number of nitrogens with two attached hydrogens (primary N) is 1. The molecule has 1 aromatic carbocycles. The number of aromatic nitrogens is 2. The van der Waals surface area contributed by atoms with Gasteiger partial charge < -0.3 is 20.1 Å². The normalized spacial score (nSPS) is 10.3. The van der Waals surface area contributed by atoms with Gasteiger partial charge in [0.15, 0.2) is 6.61 Å². The molecule has 0 saturated carbocycles. The summed E-state index contributed by atoms with van der Waals surface area (Å²) >= 11 is 0.